The molecule has 3 heterocycles. The van der Waals surface area contributed by atoms with Crippen molar-refractivity contribution >= 4 is 11.6 Å². The highest BCUT2D eigenvalue weighted by molar-refractivity contribution is 5.95. The van der Waals surface area contributed by atoms with E-state index >= 15 is 0 Å². The first-order valence-corrected chi connectivity index (χ1v) is 7.22. The smallest absolute Gasteiger partial charge is 0.241 e. The van der Waals surface area contributed by atoms with Gasteiger partial charge in [-0.15, -0.1) is 0 Å². The Morgan fingerprint density at radius 1 is 1.48 bits per heavy atom. The van der Waals surface area contributed by atoms with E-state index in [0.29, 0.717) is 11.6 Å². The maximum absolute atomic E-state index is 12.3. The molecule has 110 valence electrons. The number of pyridine rings is 1. The molecule has 3 rings (SSSR count). The summed E-state index contributed by atoms with van der Waals surface area (Å²) in [7, 11) is 0. The van der Waals surface area contributed by atoms with Gasteiger partial charge in [-0.1, -0.05) is 6.92 Å². The molecule has 1 fully saturated rings. The molecule has 0 bridgehead atoms. The van der Waals surface area contributed by atoms with Gasteiger partial charge in [0.1, 0.15) is 12.1 Å². The third-order valence-corrected chi connectivity index (χ3v) is 3.84. The van der Waals surface area contributed by atoms with Gasteiger partial charge in [0.25, 0.3) is 0 Å². The SMILES string of the molecule is CC1CCCNC1C(=O)Nc1ccc(-n2ccnc2)nc1. The molecule has 0 saturated carbocycles. The normalized spacial score (nSPS) is 22.0. The second-order valence-corrected chi connectivity index (χ2v) is 5.42. The van der Waals surface area contributed by atoms with Crippen molar-refractivity contribution in [1.82, 2.24) is 19.9 Å². The topological polar surface area (TPSA) is 71.8 Å². The van der Waals surface area contributed by atoms with E-state index in [1.807, 2.05) is 22.9 Å². The van der Waals surface area contributed by atoms with Gasteiger partial charge >= 0.3 is 0 Å². The number of nitrogens with one attached hydrogen (secondary N) is 2. The maximum atomic E-state index is 12.3. The van der Waals surface area contributed by atoms with Crippen molar-refractivity contribution in [1.29, 1.82) is 0 Å². The van der Waals surface area contributed by atoms with Crippen LogP contribution in [0.15, 0.2) is 37.1 Å². The van der Waals surface area contributed by atoms with E-state index in [4.69, 9.17) is 0 Å². The number of imidazole rings is 1. The quantitative estimate of drug-likeness (QED) is 0.898. The fraction of sp³-hybridized carbons (Fsp3) is 0.400. The minimum atomic E-state index is -0.118. The minimum Gasteiger partial charge on any atom is -0.323 e. The van der Waals surface area contributed by atoms with Crippen molar-refractivity contribution in [3.05, 3.63) is 37.1 Å². The zero-order chi connectivity index (χ0) is 14.7. The monoisotopic (exact) mass is 285 g/mol. The second kappa shape index (κ2) is 6.05. The highest BCUT2D eigenvalue weighted by Crippen LogP contribution is 2.17. The van der Waals surface area contributed by atoms with Gasteiger partial charge in [0, 0.05) is 12.4 Å². The van der Waals surface area contributed by atoms with Crippen molar-refractivity contribution in [2.24, 2.45) is 5.92 Å². The Bertz CT molecular complexity index is 593. The number of hydrogen-bond donors (Lipinski definition) is 2. The van der Waals surface area contributed by atoms with Gasteiger partial charge in [0.2, 0.25) is 5.91 Å². The summed E-state index contributed by atoms with van der Waals surface area (Å²) < 4.78 is 1.82. The fourth-order valence-electron chi connectivity index (χ4n) is 2.63. The molecule has 2 N–H and O–H groups in total. The summed E-state index contributed by atoms with van der Waals surface area (Å²) in [5.41, 5.74) is 0.712. The summed E-state index contributed by atoms with van der Waals surface area (Å²) in [5.74, 6) is 1.14. The Morgan fingerprint density at radius 2 is 2.38 bits per heavy atom. The fourth-order valence-corrected chi connectivity index (χ4v) is 2.63. The van der Waals surface area contributed by atoms with E-state index < -0.39 is 0 Å². The lowest BCUT2D eigenvalue weighted by Crippen LogP contribution is -2.48. The van der Waals surface area contributed by atoms with Crippen LogP contribution in [0.5, 0.6) is 0 Å². The number of anilines is 1. The lowest BCUT2D eigenvalue weighted by atomic mass is 9.92. The molecule has 1 aliphatic heterocycles. The average molecular weight is 285 g/mol. The number of amides is 1. The molecule has 2 aromatic heterocycles. The van der Waals surface area contributed by atoms with E-state index in [2.05, 4.69) is 27.5 Å². The standard InChI is InChI=1S/C15H19N5O/c1-11-3-2-6-17-14(11)15(21)19-12-4-5-13(18-9-12)20-8-7-16-10-20/h4-5,7-11,14,17H,2-3,6H2,1H3,(H,19,21). The lowest BCUT2D eigenvalue weighted by molar-refractivity contribution is -0.119. The number of carbonyl (C=O) groups is 1. The summed E-state index contributed by atoms with van der Waals surface area (Å²) >= 11 is 0. The molecular formula is C15H19N5O. The summed E-state index contributed by atoms with van der Waals surface area (Å²) in [5, 5.41) is 6.20. The molecule has 2 aromatic rings. The van der Waals surface area contributed by atoms with Gasteiger partial charge in [0.05, 0.1) is 17.9 Å². The van der Waals surface area contributed by atoms with E-state index in [-0.39, 0.29) is 11.9 Å². The Morgan fingerprint density at radius 3 is 3.05 bits per heavy atom. The van der Waals surface area contributed by atoms with Crippen LogP contribution in [-0.2, 0) is 4.79 Å². The van der Waals surface area contributed by atoms with Crippen LogP contribution in [0.2, 0.25) is 0 Å². The molecule has 1 amide bonds. The van der Waals surface area contributed by atoms with Gasteiger partial charge in [-0.05, 0) is 37.4 Å². The number of carbonyl (C=O) groups excluding carboxylic acids is 1. The summed E-state index contributed by atoms with van der Waals surface area (Å²) in [4.78, 5) is 20.6. The molecule has 6 heteroatoms. The number of aromatic nitrogens is 3. The first-order chi connectivity index (χ1) is 10.2. The lowest BCUT2D eigenvalue weighted by Gasteiger charge is -2.28. The first kappa shape index (κ1) is 13.8. The number of nitrogens with zero attached hydrogens (tertiary/aromatic N) is 3. The van der Waals surface area contributed by atoms with Gasteiger partial charge < -0.3 is 10.6 Å². The van der Waals surface area contributed by atoms with Crippen LogP contribution >= 0.6 is 0 Å². The Hall–Kier alpha value is -2.21. The highest BCUT2D eigenvalue weighted by Gasteiger charge is 2.27. The molecule has 6 nitrogen and oxygen atoms in total. The molecule has 21 heavy (non-hydrogen) atoms. The van der Waals surface area contributed by atoms with Crippen molar-refractivity contribution in [2.45, 2.75) is 25.8 Å². The Labute approximate surface area is 123 Å². The Balaban J connectivity index is 1.66. The van der Waals surface area contributed by atoms with Crippen LogP contribution in [0, 0.1) is 5.92 Å². The van der Waals surface area contributed by atoms with Crippen molar-refractivity contribution < 1.29 is 4.79 Å². The predicted molar refractivity (Wildman–Crippen MR) is 80.2 cm³/mol. The predicted octanol–water partition coefficient (Wildman–Crippen LogP) is 1.59. The molecule has 1 saturated heterocycles. The molecular weight excluding hydrogens is 266 g/mol. The van der Waals surface area contributed by atoms with Crippen molar-refractivity contribution in [3.8, 4) is 5.82 Å². The second-order valence-electron chi connectivity index (χ2n) is 5.42. The molecule has 0 spiro atoms. The molecule has 0 aliphatic carbocycles. The third kappa shape index (κ3) is 3.11. The minimum absolute atomic E-state index is 0.0133. The van der Waals surface area contributed by atoms with E-state index in [0.717, 1.165) is 25.2 Å². The zero-order valence-corrected chi connectivity index (χ0v) is 12.0. The number of piperidine rings is 1. The average Bonchev–Trinajstić information content (AvgIpc) is 3.02. The molecule has 0 aromatic carbocycles. The summed E-state index contributed by atoms with van der Waals surface area (Å²) in [6.45, 7) is 3.01. The number of hydrogen-bond acceptors (Lipinski definition) is 4. The molecule has 1 aliphatic rings. The van der Waals surface area contributed by atoms with Gasteiger partial charge in [0.15, 0.2) is 0 Å². The van der Waals surface area contributed by atoms with Crippen LogP contribution in [0.25, 0.3) is 5.82 Å². The van der Waals surface area contributed by atoms with Gasteiger partial charge in [-0.3, -0.25) is 9.36 Å². The zero-order valence-electron chi connectivity index (χ0n) is 12.0. The van der Waals surface area contributed by atoms with E-state index in [1.54, 1.807) is 18.7 Å². The molecule has 2 unspecified atom stereocenters. The van der Waals surface area contributed by atoms with Crippen molar-refractivity contribution in [3.63, 3.8) is 0 Å². The summed E-state index contributed by atoms with van der Waals surface area (Å²) in [6, 6.07) is 3.59. The largest absolute Gasteiger partial charge is 0.323 e. The van der Waals surface area contributed by atoms with Gasteiger partial charge in [-0.25, -0.2) is 9.97 Å². The highest BCUT2D eigenvalue weighted by atomic mass is 16.2. The Kier molecular flexibility index (Phi) is 3.96. The first-order valence-electron chi connectivity index (χ1n) is 7.22. The van der Waals surface area contributed by atoms with E-state index in [9.17, 15) is 4.79 Å². The summed E-state index contributed by atoms with van der Waals surface area (Å²) in [6.07, 6.45) is 9.10. The van der Waals surface area contributed by atoms with Crippen LogP contribution in [0.3, 0.4) is 0 Å². The van der Waals surface area contributed by atoms with Crippen LogP contribution in [0.1, 0.15) is 19.8 Å². The maximum Gasteiger partial charge on any atom is 0.241 e. The molecule has 0 radical (unpaired) electrons. The van der Waals surface area contributed by atoms with Gasteiger partial charge in [-0.2, -0.15) is 0 Å². The van der Waals surface area contributed by atoms with Crippen LogP contribution in [0.4, 0.5) is 5.69 Å². The van der Waals surface area contributed by atoms with Crippen molar-refractivity contribution in [2.75, 3.05) is 11.9 Å². The molecule has 2 atom stereocenters. The van der Waals surface area contributed by atoms with E-state index in [1.165, 1.54) is 0 Å². The van der Waals surface area contributed by atoms with Crippen LogP contribution in [-0.4, -0.2) is 33.0 Å². The van der Waals surface area contributed by atoms with Crippen LogP contribution < -0.4 is 10.6 Å². The third-order valence-electron chi connectivity index (χ3n) is 3.84. The number of rotatable bonds is 3.